The summed E-state index contributed by atoms with van der Waals surface area (Å²) in [6, 6.07) is 3.15. The fourth-order valence-corrected chi connectivity index (χ4v) is 2.80. The van der Waals surface area contributed by atoms with E-state index in [-0.39, 0.29) is 12.3 Å². The molecule has 1 aliphatic carbocycles. The number of benzene rings is 1. The van der Waals surface area contributed by atoms with Gasteiger partial charge in [0.05, 0.1) is 26.9 Å². The quantitative estimate of drug-likeness (QED) is 0.787. The topological polar surface area (TPSA) is 99.9 Å². The molecule has 0 aliphatic heterocycles. The first kappa shape index (κ1) is 16.9. The van der Waals surface area contributed by atoms with E-state index in [1.807, 2.05) is 0 Å². The molecule has 1 fully saturated rings. The number of amides is 2. The van der Waals surface area contributed by atoms with Crippen LogP contribution < -0.4 is 25.3 Å². The minimum absolute atomic E-state index is 0.133. The third-order valence-corrected chi connectivity index (χ3v) is 4.15. The van der Waals surface area contributed by atoms with E-state index in [0.29, 0.717) is 22.8 Å². The summed E-state index contributed by atoms with van der Waals surface area (Å²) in [5, 5.41) is 2.92. The second kappa shape index (κ2) is 6.76. The Morgan fingerprint density at radius 1 is 1.09 bits per heavy atom. The maximum absolute atomic E-state index is 12.6. The maximum Gasteiger partial charge on any atom is 0.255 e. The number of nitrogens with one attached hydrogen (secondary N) is 1. The van der Waals surface area contributed by atoms with E-state index >= 15 is 0 Å². The van der Waals surface area contributed by atoms with E-state index in [1.165, 1.54) is 21.3 Å². The summed E-state index contributed by atoms with van der Waals surface area (Å²) in [4.78, 5) is 23.9. The van der Waals surface area contributed by atoms with Crippen LogP contribution in [0.1, 0.15) is 36.0 Å². The van der Waals surface area contributed by atoms with Crippen LogP contribution in [0, 0.1) is 0 Å². The van der Waals surface area contributed by atoms with Crippen LogP contribution in [0.3, 0.4) is 0 Å². The zero-order valence-electron chi connectivity index (χ0n) is 13.6. The predicted molar refractivity (Wildman–Crippen MR) is 84.0 cm³/mol. The van der Waals surface area contributed by atoms with Crippen molar-refractivity contribution in [1.82, 2.24) is 5.32 Å². The van der Waals surface area contributed by atoms with Gasteiger partial charge in [0, 0.05) is 24.1 Å². The van der Waals surface area contributed by atoms with E-state index in [1.54, 1.807) is 12.1 Å². The van der Waals surface area contributed by atoms with Crippen molar-refractivity contribution >= 4 is 11.8 Å². The number of hydrogen-bond donors (Lipinski definition) is 2. The molecule has 0 atom stereocenters. The van der Waals surface area contributed by atoms with E-state index in [9.17, 15) is 9.59 Å². The van der Waals surface area contributed by atoms with Gasteiger partial charge in [-0.15, -0.1) is 0 Å². The fraction of sp³-hybridized carbons (Fsp3) is 0.500. The summed E-state index contributed by atoms with van der Waals surface area (Å²) < 4.78 is 15.7. The van der Waals surface area contributed by atoms with E-state index < -0.39 is 11.4 Å². The van der Waals surface area contributed by atoms with Crippen LogP contribution in [0.4, 0.5) is 0 Å². The Morgan fingerprint density at radius 3 is 2.09 bits per heavy atom. The molecule has 7 heteroatoms. The molecular formula is C16H22N2O5. The summed E-state index contributed by atoms with van der Waals surface area (Å²) in [6.07, 6.45) is 2.56. The van der Waals surface area contributed by atoms with Crippen LogP contribution in [-0.2, 0) is 4.79 Å². The highest BCUT2D eigenvalue weighted by Crippen LogP contribution is 2.37. The molecular weight excluding hydrogens is 300 g/mol. The summed E-state index contributed by atoms with van der Waals surface area (Å²) in [5.41, 5.74) is 5.06. The van der Waals surface area contributed by atoms with Crippen molar-refractivity contribution in [1.29, 1.82) is 0 Å². The Labute approximate surface area is 135 Å². The van der Waals surface area contributed by atoms with Crippen LogP contribution in [-0.4, -0.2) is 38.7 Å². The molecule has 7 nitrogen and oxygen atoms in total. The number of rotatable bonds is 7. The normalized spacial score (nSPS) is 15.3. The molecule has 1 aromatic carbocycles. The smallest absolute Gasteiger partial charge is 0.255 e. The molecule has 0 unspecified atom stereocenters. The highest BCUT2D eigenvalue weighted by Gasteiger charge is 2.40. The van der Waals surface area contributed by atoms with Crippen molar-refractivity contribution < 1.29 is 23.8 Å². The molecule has 0 saturated heterocycles. The molecule has 126 valence electrons. The van der Waals surface area contributed by atoms with Crippen molar-refractivity contribution in [2.45, 2.75) is 31.2 Å². The van der Waals surface area contributed by atoms with Gasteiger partial charge < -0.3 is 25.3 Å². The van der Waals surface area contributed by atoms with Gasteiger partial charge in [-0.25, -0.2) is 0 Å². The molecule has 1 saturated carbocycles. The highest BCUT2D eigenvalue weighted by molar-refractivity contribution is 5.98. The van der Waals surface area contributed by atoms with Gasteiger partial charge in [0.2, 0.25) is 5.91 Å². The maximum atomic E-state index is 12.6. The number of nitrogens with two attached hydrogens (primary N) is 1. The number of primary amides is 1. The van der Waals surface area contributed by atoms with Gasteiger partial charge in [0.1, 0.15) is 5.75 Å². The van der Waals surface area contributed by atoms with Crippen LogP contribution in [0.5, 0.6) is 17.2 Å². The third kappa shape index (κ3) is 3.49. The summed E-state index contributed by atoms with van der Waals surface area (Å²) >= 11 is 0. The van der Waals surface area contributed by atoms with Gasteiger partial charge in [0.15, 0.2) is 11.5 Å². The van der Waals surface area contributed by atoms with Gasteiger partial charge in [-0.05, 0) is 19.3 Å². The number of ether oxygens (including phenoxy) is 3. The van der Waals surface area contributed by atoms with Crippen molar-refractivity contribution in [2.75, 3.05) is 21.3 Å². The van der Waals surface area contributed by atoms with E-state index in [2.05, 4.69) is 5.32 Å². The molecule has 23 heavy (non-hydrogen) atoms. The van der Waals surface area contributed by atoms with Gasteiger partial charge in [-0.2, -0.15) is 0 Å². The van der Waals surface area contributed by atoms with Crippen LogP contribution in [0.15, 0.2) is 12.1 Å². The van der Waals surface area contributed by atoms with Crippen molar-refractivity contribution in [3.8, 4) is 17.2 Å². The van der Waals surface area contributed by atoms with Crippen LogP contribution in [0.2, 0.25) is 0 Å². The molecule has 0 spiro atoms. The molecule has 3 N–H and O–H groups in total. The molecule has 2 amide bonds. The lowest BCUT2D eigenvalue weighted by molar-refractivity contribution is -0.120. The average Bonchev–Trinajstić information content (AvgIpc) is 2.50. The zero-order valence-corrected chi connectivity index (χ0v) is 13.6. The summed E-state index contributed by atoms with van der Waals surface area (Å²) in [6.45, 7) is 0. The fourth-order valence-electron chi connectivity index (χ4n) is 2.80. The minimum atomic E-state index is -0.554. The lowest BCUT2D eigenvalue weighted by atomic mass is 9.74. The monoisotopic (exact) mass is 322 g/mol. The van der Waals surface area contributed by atoms with Crippen LogP contribution >= 0.6 is 0 Å². The number of hydrogen-bond acceptors (Lipinski definition) is 5. The highest BCUT2D eigenvalue weighted by atomic mass is 16.5. The molecule has 0 heterocycles. The lowest BCUT2D eigenvalue weighted by Crippen LogP contribution is -2.55. The van der Waals surface area contributed by atoms with Crippen LogP contribution in [0.25, 0.3) is 0 Å². The van der Waals surface area contributed by atoms with Gasteiger partial charge in [0.25, 0.3) is 5.91 Å². The molecule has 1 aliphatic rings. The predicted octanol–water partition coefficient (Wildman–Crippen LogP) is 1.24. The second-order valence-electron chi connectivity index (χ2n) is 5.64. The van der Waals surface area contributed by atoms with Crippen molar-refractivity contribution in [2.24, 2.45) is 5.73 Å². The first-order chi connectivity index (χ1) is 10.9. The SMILES string of the molecule is COc1cc(OC)c(C(=O)NC2(CC(N)=O)CCC2)cc1OC. The van der Waals surface area contributed by atoms with E-state index in [0.717, 1.165) is 19.3 Å². The van der Waals surface area contributed by atoms with Gasteiger partial charge in [-0.1, -0.05) is 0 Å². The molecule has 1 aromatic rings. The average molecular weight is 322 g/mol. The minimum Gasteiger partial charge on any atom is -0.496 e. The Hall–Kier alpha value is -2.44. The zero-order chi connectivity index (χ0) is 17.0. The van der Waals surface area contributed by atoms with Crippen molar-refractivity contribution in [3.63, 3.8) is 0 Å². The Morgan fingerprint density at radius 2 is 1.65 bits per heavy atom. The second-order valence-corrected chi connectivity index (χ2v) is 5.64. The first-order valence-electron chi connectivity index (χ1n) is 7.35. The van der Waals surface area contributed by atoms with E-state index in [4.69, 9.17) is 19.9 Å². The number of carbonyl (C=O) groups excluding carboxylic acids is 2. The molecule has 2 rings (SSSR count). The summed E-state index contributed by atoms with van der Waals surface area (Å²) in [5.74, 6) is 0.508. The molecule has 0 bridgehead atoms. The number of methoxy groups -OCH3 is 3. The lowest BCUT2D eigenvalue weighted by Gasteiger charge is -2.41. The largest absolute Gasteiger partial charge is 0.496 e. The Balaban J connectivity index is 2.29. The molecule has 0 radical (unpaired) electrons. The Bertz CT molecular complexity index is 611. The van der Waals surface area contributed by atoms with Gasteiger partial charge in [-0.3, -0.25) is 9.59 Å². The summed E-state index contributed by atoms with van der Waals surface area (Å²) in [7, 11) is 4.47. The third-order valence-electron chi connectivity index (χ3n) is 4.15. The number of carbonyl (C=O) groups is 2. The first-order valence-corrected chi connectivity index (χ1v) is 7.35. The molecule has 0 aromatic heterocycles. The standard InChI is InChI=1S/C16H22N2O5/c1-21-11-8-13(23-3)12(22-2)7-10(11)15(20)18-16(5-4-6-16)9-14(17)19/h7-8H,4-6,9H2,1-3H3,(H2,17,19)(H,18,20). The Kier molecular flexibility index (Phi) is 4.98. The van der Waals surface area contributed by atoms with Crippen molar-refractivity contribution in [3.05, 3.63) is 17.7 Å². The van der Waals surface area contributed by atoms with Gasteiger partial charge >= 0.3 is 0 Å².